The summed E-state index contributed by atoms with van der Waals surface area (Å²) in [4.78, 5) is 45.7. The fourth-order valence-electron chi connectivity index (χ4n) is 3.92. The molecular weight excluding hydrogens is 650 g/mol. The Morgan fingerprint density at radius 2 is 1.81 bits per heavy atom. The van der Waals surface area contributed by atoms with Crippen molar-refractivity contribution in [2.75, 3.05) is 32.6 Å². The van der Waals surface area contributed by atoms with Gasteiger partial charge in [0.05, 0.1) is 37.3 Å². The number of aromatic nitrogens is 3. The first-order valence-electron chi connectivity index (χ1n) is 15.6. The summed E-state index contributed by atoms with van der Waals surface area (Å²) in [6.45, 7) is 22.2. The molecule has 2 aromatic rings. The smallest absolute Gasteiger partial charge is 0.246 e. The lowest BCUT2D eigenvalue weighted by Gasteiger charge is -2.33. The van der Waals surface area contributed by atoms with Crippen LogP contribution in [0.5, 0.6) is 0 Å². The number of pyridine rings is 1. The van der Waals surface area contributed by atoms with E-state index in [2.05, 4.69) is 52.5 Å². The molecule has 0 radical (unpaired) electrons. The molecule has 0 spiro atoms. The minimum atomic E-state index is -0.675. The number of aliphatic imine (C=N–C) groups is 1. The molecule has 1 saturated heterocycles. The summed E-state index contributed by atoms with van der Waals surface area (Å²) in [7, 11) is 1.98. The summed E-state index contributed by atoms with van der Waals surface area (Å²) >= 11 is 6.34. The summed E-state index contributed by atoms with van der Waals surface area (Å²) in [5.41, 5.74) is 3.54. The van der Waals surface area contributed by atoms with Crippen LogP contribution in [0.15, 0.2) is 79.6 Å². The van der Waals surface area contributed by atoms with Gasteiger partial charge in [0.15, 0.2) is 12.4 Å². The van der Waals surface area contributed by atoms with Crippen LogP contribution in [0.3, 0.4) is 0 Å². The third kappa shape index (κ3) is 15.6. The average molecular weight is 701 g/mol. The third-order valence-electron chi connectivity index (χ3n) is 6.20. The van der Waals surface area contributed by atoms with E-state index in [4.69, 9.17) is 16.3 Å². The summed E-state index contributed by atoms with van der Waals surface area (Å²) in [6.07, 6.45) is 17.1. The number of amides is 2. The Morgan fingerprint density at radius 1 is 1.17 bits per heavy atom. The molecule has 1 aliphatic heterocycles. The number of hydrogen-bond acceptors (Lipinski definition) is 7. The standard InChI is InChI=1S/C28H35N7O3S.C3H3ClO.2C2H6/c1-6-23-24(16-21(3)31-19-29-17-26(39-5)22-8-11-33(4)12-9-22)34(20-32-23)13-10-30-28(37)25-18-38-15-14-35(25)27(36)7-2;1-2-3(4)5;2*1-2/h6-9,11-12,16-17,19-20,25H,1-2,10,13-15,18H2,3-5H3,(H,30,37);2H,1H2;2*1-2H3/p+1/b21-16+;;;. The number of thioether (sulfide) groups is 1. The quantitative estimate of drug-likeness (QED) is 0.0968. The molecule has 0 bridgehead atoms. The van der Waals surface area contributed by atoms with Crippen molar-refractivity contribution in [3.8, 4) is 0 Å². The summed E-state index contributed by atoms with van der Waals surface area (Å²) in [6, 6.07) is 3.43. The number of aryl methyl sites for hydroxylation is 1. The highest BCUT2D eigenvalue weighted by Gasteiger charge is 2.31. The van der Waals surface area contributed by atoms with Crippen LogP contribution in [0.25, 0.3) is 17.1 Å². The Morgan fingerprint density at radius 3 is 2.38 bits per heavy atom. The fraction of sp³-hybridized carbons (Fsp3) is 0.371. The molecular formula is C35H51ClN7O4S+. The van der Waals surface area contributed by atoms with Gasteiger partial charge in [0.1, 0.15) is 13.1 Å². The normalized spacial score (nSPS) is 14.2. The van der Waals surface area contributed by atoms with Crippen molar-refractivity contribution in [1.82, 2.24) is 25.1 Å². The van der Waals surface area contributed by atoms with Gasteiger partial charge in [-0.15, -0.1) is 11.8 Å². The van der Waals surface area contributed by atoms with Crippen molar-refractivity contribution in [1.29, 1.82) is 0 Å². The van der Waals surface area contributed by atoms with E-state index in [0.717, 1.165) is 33.6 Å². The van der Waals surface area contributed by atoms with Crippen LogP contribution in [0.4, 0.5) is 0 Å². The minimum absolute atomic E-state index is 0.162. The van der Waals surface area contributed by atoms with Crippen molar-refractivity contribution in [2.45, 2.75) is 47.2 Å². The third-order valence-corrected chi connectivity index (χ3v) is 7.13. The number of ether oxygens (including phenoxy) is 1. The lowest BCUT2D eigenvalue weighted by atomic mass is 10.2. The molecule has 0 aliphatic carbocycles. The highest BCUT2D eigenvalue weighted by Crippen LogP contribution is 2.24. The zero-order valence-corrected chi connectivity index (χ0v) is 30.8. The molecule has 262 valence electrons. The van der Waals surface area contributed by atoms with Crippen LogP contribution in [0.2, 0.25) is 0 Å². The van der Waals surface area contributed by atoms with Gasteiger partial charge in [0.25, 0.3) is 0 Å². The molecule has 0 aromatic carbocycles. The van der Waals surface area contributed by atoms with Crippen LogP contribution >= 0.6 is 23.4 Å². The lowest BCUT2D eigenvalue weighted by molar-refractivity contribution is -0.671. The van der Waals surface area contributed by atoms with Gasteiger partial charge < -0.3 is 24.8 Å². The highest BCUT2D eigenvalue weighted by molar-refractivity contribution is 8.07. The van der Waals surface area contributed by atoms with E-state index in [9.17, 15) is 14.4 Å². The van der Waals surface area contributed by atoms with Gasteiger partial charge in [0.2, 0.25) is 17.1 Å². The van der Waals surface area contributed by atoms with E-state index < -0.39 is 11.3 Å². The molecule has 48 heavy (non-hydrogen) atoms. The molecule has 2 aromatic heterocycles. The van der Waals surface area contributed by atoms with Crippen LogP contribution < -0.4 is 15.2 Å². The second-order valence-electron chi connectivity index (χ2n) is 9.24. The topological polar surface area (TPSA) is 122 Å². The molecule has 0 saturated carbocycles. The molecule has 13 heteroatoms. The molecule has 1 fully saturated rings. The number of morpholine rings is 1. The number of nitrogens with one attached hydrogen (secondary N) is 2. The summed E-state index contributed by atoms with van der Waals surface area (Å²) < 4.78 is 9.34. The Kier molecular flexibility index (Phi) is 23.5. The number of rotatable bonds is 13. The predicted octanol–water partition coefficient (Wildman–Crippen LogP) is 5.21. The largest absolute Gasteiger partial charge is 0.377 e. The maximum absolute atomic E-state index is 12.8. The molecule has 3 rings (SSSR count). The highest BCUT2D eigenvalue weighted by atomic mass is 35.5. The second-order valence-corrected chi connectivity index (χ2v) is 10.5. The van der Waals surface area contributed by atoms with Crippen molar-refractivity contribution < 1.29 is 23.7 Å². The molecule has 2 amide bonds. The van der Waals surface area contributed by atoms with Crippen molar-refractivity contribution in [3.63, 3.8) is 0 Å². The maximum atomic E-state index is 12.8. The predicted molar refractivity (Wildman–Crippen MR) is 200 cm³/mol. The van der Waals surface area contributed by atoms with Crippen molar-refractivity contribution >= 4 is 63.8 Å². The zero-order chi connectivity index (χ0) is 36.5. The molecule has 1 unspecified atom stereocenters. The van der Waals surface area contributed by atoms with Gasteiger partial charge in [0, 0.05) is 54.1 Å². The summed E-state index contributed by atoms with van der Waals surface area (Å²) in [5, 5.41) is 5.58. The molecule has 11 nitrogen and oxygen atoms in total. The van der Waals surface area contributed by atoms with Crippen molar-refractivity contribution in [3.05, 3.63) is 91.6 Å². The number of carbonyl (C=O) groups is 3. The summed E-state index contributed by atoms with van der Waals surface area (Å²) in [5.74, 6) is -0.542. The second kappa shape index (κ2) is 25.8. The average Bonchev–Trinajstić information content (AvgIpc) is 3.51. The molecule has 2 N–H and O–H groups in total. The van der Waals surface area contributed by atoms with Crippen LogP contribution in [0, 0.1) is 0 Å². The van der Waals surface area contributed by atoms with Gasteiger partial charge in [-0.3, -0.25) is 14.4 Å². The van der Waals surface area contributed by atoms with Gasteiger partial charge in [-0.05, 0) is 49.1 Å². The first-order valence-corrected chi connectivity index (χ1v) is 17.2. The van der Waals surface area contributed by atoms with Crippen LogP contribution in [-0.2, 0) is 32.7 Å². The first-order chi connectivity index (χ1) is 23.1. The Bertz CT molecular complexity index is 1420. The molecule has 1 atom stereocenters. The van der Waals surface area contributed by atoms with Crippen LogP contribution in [0.1, 0.15) is 51.6 Å². The number of carbonyl (C=O) groups excluding carboxylic acids is 3. The van der Waals surface area contributed by atoms with Gasteiger partial charge in [-0.25, -0.2) is 14.5 Å². The van der Waals surface area contributed by atoms with E-state index in [-0.39, 0.29) is 18.4 Å². The number of nitrogens with zero attached hydrogens (tertiary/aromatic N) is 5. The minimum Gasteiger partial charge on any atom is -0.377 e. The Balaban J connectivity index is 0.00000221. The van der Waals surface area contributed by atoms with Gasteiger partial charge >= 0.3 is 0 Å². The van der Waals surface area contributed by atoms with E-state index in [0.29, 0.717) is 26.2 Å². The first kappa shape index (κ1) is 43.7. The van der Waals surface area contributed by atoms with Gasteiger partial charge in [-0.2, -0.15) is 0 Å². The number of hydrogen-bond donors (Lipinski definition) is 2. The van der Waals surface area contributed by atoms with Crippen molar-refractivity contribution in [2.24, 2.45) is 12.0 Å². The van der Waals surface area contributed by atoms with E-state index >= 15 is 0 Å². The van der Waals surface area contributed by atoms with E-state index in [1.54, 1.807) is 30.5 Å². The maximum Gasteiger partial charge on any atom is 0.246 e. The lowest BCUT2D eigenvalue weighted by Crippen LogP contribution is -2.55. The monoisotopic (exact) mass is 700 g/mol. The Hall–Kier alpha value is -4.26. The SMILES string of the molecule is C=CC(=O)Cl.C=CC(=O)N1CCOCC1C(=O)NCCn1cnc(C=C)c1/C=C(\C)NC=N/C=C(\SC)c1cc[n+](C)cc1.CC.CC. The molecule has 3 heterocycles. The number of halogens is 1. The Labute approximate surface area is 295 Å². The molecule has 1 aliphatic rings. The fourth-order valence-corrected chi connectivity index (χ4v) is 4.46. The van der Waals surface area contributed by atoms with Gasteiger partial charge in [-0.1, -0.05) is 47.4 Å². The van der Waals surface area contributed by atoms with Crippen LogP contribution in [-0.4, -0.2) is 76.4 Å². The zero-order valence-electron chi connectivity index (χ0n) is 29.2. The van der Waals surface area contributed by atoms with E-state index in [1.807, 2.05) is 81.7 Å². The van der Waals surface area contributed by atoms with E-state index in [1.165, 1.54) is 11.0 Å². The number of imidazole rings is 1. The number of allylic oxidation sites excluding steroid dienone is 2.